The van der Waals surface area contributed by atoms with Gasteiger partial charge in [-0.1, -0.05) is 91.0 Å². The van der Waals surface area contributed by atoms with Crippen LogP contribution in [-0.2, 0) is 0 Å². The molecule has 6 aromatic carbocycles. The van der Waals surface area contributed by atoms with Gasteiger partial charge in [0.15, 0.2) is 0 Å². The number of hydrogen-bond donors (Lipinski definition) is 0. The lowest BCUT2D eigenvalue weighted by Gasteiger charge is -2.12. The van der Waals surface area contributed by atoms with Gasteiger partial charge in [-0.05, 0) is 39.9 Å². The molecule has 0 saturated heterocycles. The molecule has 0 unspecified atom stereocenters. The first-order valence-corrected chi connectivity index (χ1v) is 12.3. The normalized spacial score (nSPS) is 12.1. The van der Waals surface area contributed by atoms with E-state index in [4.69, 9.17) is 4.42 Å². The molecule has 34 heavy (non-hydrogen) atoms. The monoisotopic (exact) mass is 450 g/mol. The van der Waals surface area contributed by atoms with Crippen molar-refractivity contribution in [2.75, 3.05) is 0 Å². The molecule has 0 aliphatic carbocycles. The molecule has 158 valence electrons. The molecule has 0 radical (unpaired) electrons. The second-order valence-electron chi connectivity index (χ2n) is 8.89. The summed E-state index contributed by atoms with van der Waals surface area (Å²) in [6.45, 7) is 0. The molecule has 0 amide bonds. The van der Waals surface area contributed by atoms with Crippen molar-refractivity contribution in [2.45, 2.75) is 0 Å². The highest BCUT2D eigenvalue weighted by molar-refractivity contribution is 7.26. The van der Waals surface area contributed by atoms with E-state index in [2.05, 4.69) is 103 Å². The summed E-state index contributed by atoms with van der Waals surface area (Å²) in [7, 11) is 0. The van der Waals surface area contributed by atoms with Crippen LogP contribution in [-0.4, -0.2) is 0 Å². The highest BCUT2D eigenvalue weighted by Gasteiger charge is 2.18. The van der Waals surface area contributed by atoms with E-state index < -0.39 is 0 Å². The maximum atomic E-state index is 6.44. The fourth-order valence-electron chi connectivity index (χ4n) is 5.55. The molecule has 0 atom stereocenters. The van der Waals surface area contributed by atoms with Crippen LogP contribution in [0.5, 0.6) is 0 Å². The molecule has 1 nitrogen and oxygen atoms in total. The molecule has 2 heteroatoms. The fraction of sp³-hybridized carbons (Fsp3) is 0. The molecule has 0 fully saturated rings. The molecule has 2 aromatic heterocycles. The summed E-state index contributed by atoms with van der Waals surface area (Å²) in [6.07, 6.45) is 0. The van der Waals surface area contributed by atoms with Crippen molar-refractivity contribution in [3.63, 3.8) is 0 Å². The van der Waals surface area contributed by atoms with Crippen molar-refractivity contribution in [1.82, 2.24) is 0 Å². The molecule has 8 aromatic rings. The van der Waals surface area contributed by atoms with Crippen LogP contribution in [0.25, 0.3) is 74.8 Å². The Bertz CT molecular complexity index is 2070. The van der Waals surface area contributed by atoms with E-state index in [-0.39, 0.29) is 0 Å². The Morgan fingerprint density at radius 3 is 2.18 bits per heavy atom. The number of thiophene rings is 1. The van der Waals surface area contributed by atoms with Crippen molar-refractivity contribution >= 4 is 75.0 Å². The highest BCUT2D eigenvalue weighted by atomic mass is 32.1. The third-order valence-electron chi connectivity index (χ3n) is 7.06. The molecule has 0 N–H and O–H groups in total. The van der Waals surface area contributed by atoms with E-state index in [1.807, 2.05) is 17.4 Å². The first-order chi connectivity index (χ1) is 16.9. The van der Waals surface area contributed by atoms with Gasteiger partial charge in [0.2, 0.25) is 0 Å². The van der Waals surface area contributed by atoms with Crippen LogP contribution in [0.1, 0.15) is 0 Å². The third-order valence-corrected chi connectivity index (χ3v) is 8.27. The van der Waals surface area contributed by atoms with Gasteiger partial charge in [-0.3, -0.25) is 0 Å². The lowest BCUT2D eigenvalue weighted by molar-refractivity contribution is 0.670. The quantitative estimate of drug-likeness (QED) is 0.227. The minimum Gasteiger partial charge on any atom is -0.455 e. The summed E-state index contributed by atoms with van der Waals surface area (Å²) in [5.74, 6) is 0. The number of fused-ring (bicyclic) bond motifs is 10. The standard InChI is InChI=1S/C32H18OS/c1-2-9-20-19(8-1)18-27(25-13-7-12-24-21-10-3-5-14-28(21)33-31(24)25)23-16-17-26-22-11-4-6-15-29(22)34-32(26)30(20)23/h1-18H. The average Bonchev–Trinajstić information content (AvgIpc) is 3.46. The van der Waals surface area contributed by atoms with Crippen LogP contribution in [0.4, 0.5) is 0 Å². The zero-order valence-electron chi connectivity index (χ0n) is 18.2. The molecule has 2 heterocycles. The summed E-state index contributed by atoms with van der Waals surface area (Å²) in [6, 6.07) is 39.3. The van der Waals surface area contributed by atoms with E-state index in [1.54, 1.807) is 0 Å². The van der Waals surface area contributed by atoms with Gasteiger partial charge in [-0.25, -0.2) is 0 Å². The van der Waals surface area contributed by atoms with Crippen LogP contribution in [0.2, 0.25) is 0 Å². The number of rotatable bonds is 1. The Balaban J connectivity index is 1.58. The predicted octanol–water partition coefficient (Wildman–Crippen LogP) is 9.93. The van der Waals surface area contributed by atoms with Crippen molar-refractivity contribution in [1.29, 1.82) is 0 Å². The van der Waals surface area contributed by atoms with Crippen LogP contribution in [0.15, 0.2) is 114 Å². The van der Waals surface area contributed by atoms with Gasteiger partial charge >= 0.3 is 0 Å². The molecule has 0 aliphatic rings. The first kappa shape index (κ1) is 18.3. The van der Waals surface area contributed by atoms with Gasteiger partial charge in [-0.2, -0.15) is 0 Å². The lowest BCUT2D eigenvalue weighted by atomic mass is 9.91. The number of benzene rings is 6. The van der Waals surface area contributed by atoms with E-state index in [0.717, 1.165) is 27.5 Å². The maximum absolute atomic E-state index is 6.44. The van der Waals surface area contributed by atoms with Gasteiger partial charge in [0.1, 0.15) is 11.2 Å². The molecular weight excluding hydrogens is 432 g/mol. The Kier molecular flexibility index (Phi) is 3.60. The van der Waals surface area contributed by atoms with Crippen molar-refractivity contribution in [2.24, 2.45) is 0 Å². The largest absolute Gasteiger partial charge is 0.455 e. The third kappa shape index (κ3) is 2.38. The lowest BCUT2D eigenvalue weighted by Crippen LogP contribution is -1.86. The zero-order valence-corrected chi connectivity index (χ0v) is 19.0. The van der Waals surface area contributed by atoms with Crippen LogP contribution >= 0.6 is 11.3 Å². The first-order valence-electron chi connectivity index (χ1n) is 11.5. The molecule has 0 aliphatic heterocycles. The van der Waals surface area contributed by atoms with Crippen LogP contribution in [0, 0.1) is 0 Å². The molecule has 0 bridgehead atoms. The second-order valence-corrected chi connectivity index (χ2v) is 9.94. The van der Waals surface area contributed by atoms with E-state index in [0.29, 0.717) is 0 Å². The SMILES string of the molecule is c1ccc2c(c1)cc(-c1cccc3c1oc1ccccc13)c1ccc3c4ccccc4sc3c12. The minimum atomic E-state index is 0.932. The Labute approximate surface area is 199 Å². The number of hydrogen-bond acceptors (Lipinski definition) is 2. The number of furan rings is 1. The second kappa shape index (κ2) is 6.69. The Morgan fingerprint density at radius 1 is 0.500 bits per heavy atom. The summed E-state index contributed by atoms with van der Waals surface area (Å²) in [4.78, 5) is 0. The van der Waals surface area contributed by atoms with E-state index in [9.17, 15) is 0 Å². The predicted molar refractivity (Wildman–Crippen MR) is 147 cm³/mol. The summed E-state index contributed by atoms with van der Waals surface area (Å²) in [5.41, 5.74) is 4.25. The van der Waals surface area contributed by atoms with Gasteiger partial charge in [0.05, 0.1) is 0 Å². The summed E-state index contributed by atoms with van der Waals surface area (Å²) < 4.78 is 9.12. The van der Waals surface area contributed by atoms with E-state index >= 15 is 0 Å². The highest BCUT2D eigenvalue weighted by Crippen LogP contribution is 2.45. The van der Waals surface area contributed by atoms with Gasteiger partial charge in [0.25, 0.3) is 0 Å². The minimum absolute atomic E-state index is 0.932. The molecule has 0 spiro atoms. The maximum Gasteiger partial charge on any atom is 0.143 e. The van der Waals surface area contributed by atoms with Crippen molar-refractivity contribution in [3.8, 4) is 11.1 Å². The van der Waals surface area contributed by atoms with Crippen molar-refractivity contribution < 1.29 is 4.42 Å². The summed E-state index contributed by atoms with van der Waals surface area (Å²) >= 11 is 1.89. The average molecular weight is 451 g/mol. The Hall–Kier alpha value is -4.14. The Morgan fingerprint density at radius 2 is 1.24 bits per heavy atom. The topological polar surface area (TPSA) is 13.1 Å². The molecule has 0 saturated carbocycles. The number of para-hydroxylation sites is 2. The molecule has 8 rings (SSSR count). The van der Waals surface area contributed by atoms with Crippen LogP contribution < -0.4 is 0 Å². The zero-order chi connectivity index (χ0) is 22.2. The summed E-state index contributed by atoms with van der Waals surface area (Å²) in [5, 5.41) is 10.1. The van der Waals surface area contributed by atoms with Crippen molar-refractivity contribution in [3.05, 3.63) is 109 Å². The van der Waals surface area contributed by atoms with Gasteiger partial charge < -0.3 is 4.42 Å². The fourth-order valence-corrected chi connectivity index (χ4v) is 6.81. The smallest absolute Gasteiger partial charge is 0.143 e. The van der Waals surface area contributed by atoms with Gasteiger partial charge in [0, 0.05) is 41.9 Å². The molecular formula is C32H18OS. The van der Waals surface area contributed by atoms with E-state index in [1.165, 1.54) is 47.3 Å². The van der Waals surface area contributed by atoms with Gasteiger partial charge in [-0.15, -0.1) is 11.3 Å². The van der Waals surface area contributed by atoms with Crippen LogP contribution in [0.3, 0.4) is 0 Å².